The van der Waals surface area contributed by atoms with Gasteiger partial charge in [0.25, 0.3) is 0 Å². The van der Waals surface area contributed by atoms with Crippen molar-refractivity contribution in [2.45, 2.75) is 25.7 Å². The number of aromatic amines is 1. The molecule has 1 unspecified atom stereocenters. The lowest BCUT2D eigenvalue weighted by molar-refractivity contribution is -0.122. The third kappa shape index (κ3) is 4.16. The van der Waals surface area contributed by atoms with Crippen molar-refractivity contribution in [1.82, 2.24) is 15.5 Å². The van der Waals surface area contributed by atoms with Crippen LogP contribution in [0.1, 0.15) is 29.2 Å². The van der Waals surface area contributed by atoms with E-state index in [-0.39, 0.29) is 11.8 Å². The molecule has 1 aromatic carbocycles. The third-order valence-corrected chi connectivity index (χ3v) is 3.61. The van der Waals surface area contributed by atoms with Gasteiger partial charge >= 0.3 is 0 Å². The fourth-order valence-corrected chi connectivity index (χ4v) is 2.32. The number of nitrogens with zero attached hydrogens (tertiary/aromatic N) is 1. The number of hydrogen-bond acceptors (Lipinski definition) is 3. The van der Waals surface area contributed by atoms with E-state index in [1.807, 2.05) is 43.5 Å². The fraction of sp³-hybridized carbons (Fsp3) is 0.375. The predicted molar refractivity (Wildman–Crippen MR) is 82.9 cm³/mol. The summed E-state index contributed by atoms with van der Waals surface area (Å²) in [6.07, 6.45) is 3.63. The second kappa shape index (κ2) is 7.59. The van der Waals surface area contributed by atoms with Crippen molar-refractivity contribution in [2.24, 2.45) is 5.73 Å². The Labute approximate surface area is 124 Å². The molecule has 0 saturated carbocycles. The zero-order valence-corrected chi connectivity index (χ0v) is 12.3. The molecule has 0 aliphatic carbocycles. The summed E-state index contributed by atoms with van der Waals surface area (Å²) in [6, 6.07) is 9.65. The monoisotopic (exact) mass is 286 g/mol. The van der Waals surface area contributed by atoms with Crippen LogP contribution in [0.5, 0.6) is 0 Å². The molecule has 2 aromatic rings. The van der Waals surface area contributed by atoms with Crippen LogP contribution in [-0.2, 0) is 11.2 Å². The molecule has 21 heavy (non-hydrogen) atoms. The lowest BCUT2D eigenvalue weighted by Crippen LogP contribution is -2.34. The maximum atomic E-state index is 12.2. The summed E-state index contributed by atoms with van der Waals surface area (Å²) in [5.41, 5.74) is 8.98. The van der Waals surface area contributed by atoms with E-state index in [9.17, 15) is 4.79 Å². The summed E-state index contributed by atoms with van der Waals surface area (Å²) in [7, 11) is 0. The lowest BCUT2D eigenvalue weighted by Gasteiger charge is -2.15. The lowest BCUT2D eigenvalue weighted by atomic mass is 9.98. The van der Waals surface area contributed by atoms with Gasteiger partial charge in [-0.05, 0) is 30.9 Å². The number of nitrogens with two attached hydrogens (primary N) is 1. The van der Waals surface area contributed by atoms with Crippen LogP contribution in [0.3, 0.4) is 0 Å². The van der Waals surface area contributed by atoms with Gasteiger partial charge in [0.05, 0.1) is 12.1 Å². The molecule has 1 atom stereocenters. The summed E-state index contributed by atoms with van der Waals surface area (Å²) < 4.78 is 0. The number of hydrogen-bond donors (Lipinski definition) is 3. The molecule has 5 heteroatoms. The molecule has 0 spiro atoms. The number of aromatic nitrogens is 2. The molecule has 0 bridgehead atoms. The van der Waals surface area contributed by atoms with Crippen molar-refractivity contribution >= 4 is 5.91 Å². The zero-order chi connectivity index (χ0) is 15.1. The minimum Gasteiger partial charge on any atom is -0.356 e. The van der Waals surface area contributed by atoms with E-state index in [0.717, 1.165) is 24.1 Å². The molecule has 4 N–H and O–H groups in total. The first-order valence-corrected chi connectivity index (χ1v) is 7.24. The molecular formula is C16H22N4O. The second-order valence-corrected chi connectivity index (χ2v) is 5.11. The number of benzene rings is 1. The summed E-state index contributed by atoms with van der Waals surface area (Å²) in [5, 5.41) is 9.87. The topological polar surface area (TPSA) is 83.8 Å². The highest BCUT2D eigenvalue weighted by molar-refractivity contribution is 5.83. The summed E-state index contributed by atoms with van der Waals surface area (Å²) in [6.45, 7) is 2.96. The van der Waals surface area contributed by atoms with E-state index >= 15 is 0 Å². The van der Waals surface area contributed by atoms with Crippen LogP contribution < -0.4 is 11.1 Å². The zero-order valence-electron chi connectivity index (χ0n) is 12.3. The fourth-order valence-electron chi connectivity index (χ4n) is 2.32. The predicted octanol–water partition coefficient (Wildman–Crippen LogP) is 1.51. The first kappa shape index (κ1) is 15.3. The Morgan fingerprint density at radius 3 is 2.76 bits per heavy atom. The summed E-state index contributed by atoms with van der Waals surface area (Å²) in [5.74, 6) is -0.283. The molecule has 1 heterocycles. The van der Waals surface area contributed by atoms with Crippen molar-refractivity contribution in [1.29, 1.82) is 0 Å². The molecule has 0 fully saturated rings. The number of nitrogens with one attached hydrogen (secondary N) is 2. The molecule has 1 amide bonds. The molecule has 0 aliphatic rings. The van der Waals surface area contributed by atoms with Crippen LogP contribution in [0, 0.1) is 6.92 Å². The Hall–Kier alpha value is -2.14. The van der Waals surface area contributed by atoms with Gasteiger partial charge in [-0.1, -0.05) is 30.3 Å². The van der Waals surface area contributed by atoms with Gasteiger partial charge in [-0.3, -0.25) is 9.89 Å². The van der Waals surface area contributed by atoms with Crippen molar-refractivity contribution in [3.63, 3.8) is 0 Å². The number of carbonyl (C=O) groups excluding carboxylic acids is 1. The van der Waals surface area contributed by atoms with Crippen LogP contribution in [0.2, 0.25) is 0 Å². The van der Waals surface area contributed by atoms with Gasteiger partial charge in [0.2, 0.25) is 5.91 Å². The van der Waals surface area contributed by atoms with E-state index < -0.39 is 0 Å². The van der Waals surface area contributed by atoms with Crippen molar-refractivity contribution in [3.8, 4) is 0 Å². The van der Waals surface area contributed by atoms with Crippen LogP contribution in [0.15, 0.2) is 36.5 Å². The number of amides is 1. The van der Waals surface area contributed by atoms with Crippen molar-refractivity contribution < 1.29 is 4.79 Å². The Kier molecular flexibility index (Phi) is 5.51. The summed E-state index contributed by atoms with van der Waals surface area (Å²) >= 11 is 0. The van der Waals surface area contributed by atoms with E-state index in [1.165, 1.54) is 5.56 Å². The largest absolute Gasteiger partial charge is 0.356 e. The van der Waals surface area contributed by atoms with Crippen molar-refractivity contribution in [2.75, 3.05) is 13.1 Å². The van der Waals surface area contributed by atoms with Gasteiger partial charge in [-0.25, -0.2) is 0 Å². The van der Waals surface area contributed by atoms with Crippen LogP contribution >= 0.6 is 0 Å². The van der Waals surface area contributed by atoms with Gasteiger partial charge in [0.15, 0.2) is 0 Å². The Morgan fingerprint density at radius 2 is 2.14 bits per heavy atom. The number of H-pyrrole nitrogens is 1. The Morgan fingerprint density at radius 1 is 1.38 bits per heavy atom. The minimum atomic E-state index is -0.276. The van der Waals surface area contributed by atoms with Gasteiger partial charge in [0, 0.05) is 18.8 Å². The highest BCUT2D eigenvalue weighted by atomic mass is 16.1. The molecule has 112 valence electrons. The molecular weight excluding hydrogens is 264 g/mol. The van der Waals surface area contributed by atoms with Gasteiger partial charge < -0.3 is 11.1 Å². The van der Waals surface area contributed by atoms with E-state index in [4.69, 9.17) is 5.73 Å². The number of carbonyl (C=O) groups is 1. The SMILES string of the molecule is Cc1[nH]ncc1CCCNC(=O)C(CN)c1ccccc1. The average Bonchev–Trinajstić information content (AvgIpc) is 2.91. The molecule has 2 rings (SSSR count). The average molecular weight is 286 g/mol. The van der Waals surface area contributed by atoms with Crippen LogP contribution in [-0.4, -0.2) is 29.2 Å². The Bertz CT molecular complexity index is 565. The molecule has 0 aliphatic heterocycles. The second-order valence-electron chi connectivity index (χ2n) is 5.11. The van der Waals surface area contributed by atoms with E-state index in [0.29, 0.717) is 13.1 Å². The highest BCUT2D eigenvalue weighted by Crippen LogP contribution is 2.14. The van der Waals surface area contributed by atoms with E-state index in [1.54, 1.807) is 0 Å². The normalized spacial score (nSPS) is 12.1. The highest BCUT2D eigenvalue weighted by Gasteiger charge is 2.17. The van der Waals surface area contributed by atoms with Gasteiger partial charge in [-0.15, -0.1) is 0 Å². The molecule has 0 saturated heterocycles. The van der Waals surface area contributed by atoms with Crippen LogP contribution in [0.25, 0.3) is 0 Å². The smallest absolute Gasteiger partial charge is 0.228 e. The van der Waals surface area contributed by atoms with Gasteiger partial charge in [-0.2, -0.15) is 5.10 Å². The first-order chi connectivity index (χ1) is 10.2. The van der Waals surface area contributed by atoms with Gasteiger partial charge in [0.1, 0.15) is 0 Å². The Balaban J connectivity index is 1.79. The number of aryl methyl sites for hydroxylation is 2. The quantitative estimate of drug-likeness (QED) is 0.675. The molecule has 1 aromatic heterocycles. The minimum absolute atomic E-state index is 0.00684. The first-order valence-electron chi connectivity index (χ1n) is 7.24. The number of rotatable bonds is 7. The van der Waals surface area contributed by atoms with E-state index in [2.05, 4.69) is 15.5 Å². The molecule has 0 radical (unpaired) electrons. The maximum Gasteiger partial charge on any atom is 0.228 e. The van der Waals surface area contributed by atoms with Crippen molar-refractivity contribution in [3.05, 3.63) is 53.3 Å². The summed E-state index contributed by atoms with van der Waals surface area (Å²) in [4.78, 5) is 12.2. The standard InChI is InChI=1S/C16H22N4O/c1-12-14(11-19-20-12)8-5-9-18-16(21)15(10-17)13-6-3-2-4-7-13/h2-4,6-7,11,15H,5,8-10,17H2,1H3,(H,18,21)(H,19,20). The molecule has 5 nitrogen and oxygen atoms in total. The maximum absolute atomic E-state index is 12.2. The van der Waals surface area contributed by atoms with Crippen LogP contribution in [0.4, 0.5) is 0 Å². The third-order valence-electron chi connectivity index (χ3n) is 3.61.